The largest absolute Gasteiger partial charge is 0.464 e. The zero-order chi connectivity index (χ0) is 17.1. The lowest BCUT2D eigenvalue weighted by molar-refractivity contribution is -0.0246. The third-order valence-electron chi connectivity index (χ3n) is 3.85. The third-order valence-corrected chi connectivity index (χ3v) is 4.77. The van der Waals surface area contributed by atoms with Gasteiger partial charge in [-0.15, -0.1) is 0 Å². The molecule has 3 rings (SSSR count). The molecule has 0 unspecified atom stereocenters. The number of ether oxygens (including phenoxy) is 1. The quantitative estimate of drug-likeness (QED) is 0.926. The van der Waals surface area contributed by atoms with Gasteiger partial charge in [0.2, 0.25) is 0 Å². The molecule has 6 nitrogen and oxygen atoms in total. The highest BCUT2D eigenvalue weighted by atomic mass is 32.2. The normalized spacial score (nSPS) is 19.1. The van der Waals surface area contributed by atoms with E-state index in [1.54, 1.807) is 35.4 Å². The molecule has 1 fully saturated rings. The van der Waals surface area contributed by atoms with Crippen molar-refractivity contribution < 1.29 is 18.2 Å². The topological polar surface area (TPSA) is 71.8 Å². The van der Waals surface area contributed by atoms with Gasteiger partial charge < -0.3 is 19.4 Å². The summed E-state index contributed by atoms with van der Waals surface area (Å²) in [7, 11) is -1.08. The van der Waals surface area contributed by atoms with Crippen molar-refractivity contribution in [3.8, 4) is 0 Å². The number of carbonyl (C=O) groups excluding carboxylic acids is 1. The second-order valence-electron chi connectivity index (χ2n) is 5.67. The summed E-state index contributed by atoms with van der Waals surface area (Å²) < 4.78 is 22.8. The number of carbonyl (C=O) groups is 1. The summed E-state index contributed by atoms with van der Waals surface area (Å²) in [6.07, 6.45) is 1.35. The minimum absolute atomic E-state index is 0.203. The minimum atomic E-state index is -1.08. The zero-order valence-corrected chi connectivity index (χ0v) is 14.5. The van der Waals surface area contributed by atoms with Crippen molar-refractivity contribution in [1.29, 1.82) is 0 Å². The summed E-state index contributed by atoms with van der Waals surface area (Å²) >= 11 is 0. The molecule has 0 saturated carbocycles. The van der Waals surface area contributed by atoms with E-state index in [2.05, 4.69) is 5.32 Å². The Morgan fingerprint density at radius 2 is 2.17 bits per heavy atom. The highest BCUT2D eigenvalue weighted by Gasteiger charge is 2.27. The van der Waals surface area contributed by atoms with E-state index >= 15 is 0 Å². The smallest absolute Gasteiger partial charge is 0.322 e. The molecule has 7 heteroatoms. The number of morpholine rings is 1. The number of amides is 2. The van der Waals surface area contributed by atoms with Gasteiger partial charge in [0.1, 0.15) is 17.6 Å². The second kappa shape index (κ2) is 7.19. The van der Waals surface area contributed by atoms with E-state index in [0.717, 1.165) is 11.5 Å². The molecular formula is C17H20N2O4S. The van der Waals surface area contributed by atoms with Gasteiger partial charge in [0, 0.05) is 34.2 Å². The van der Waals surface area contributed by atoms with Crippen LogP contribution in [-0.4, -0.2) is 41.1 Å². The van der Waals surface area contributed by atoms with Crippen LogP contribution in [0.25, 0.3) is 0 Å². The molecule has 1 aromatic heterocycles. The number of rotatable bonds is 3. The Kier molecular flexibility index (Phi) is 5.01. The van der Waals surface area contributed by atoms with E-state index in [4.69, 9.17) is 9.15 Å². The van der Waals surface area contributed by atoms with E-state index in [0.29, 0.717) is 30.3 Å². The highest BCUT2D eigenvalue weighted by Crippen LogP contribution is 2.24. The fraction of sp³-hybridized carbons (Fsp3) is 0.353. The first-order valence-electron chi connectivity index (χ1n) is 7.70. The van der Waals surface area contributed by atoms with Gasteiger partial charge in [-0.2, -0.15) is 0 Å². The summed E-state index contributed by atoms with van der Waals surface area (Å²) in [5.41, 5.74) is 0.629. The Hall–Kier alpha value is -2.12. The number of hydrogen-bond acceptors (Lipinski definition) is 4. The van der Waals surface area contributed by atoms with Crippen molar-refractivity contribution >= 4 is 22.5 Å². The Morgan fingerprint density at radius 1 is 1.33 bits per heavy atom. The van der Waals surface area contributed by atoms with Gasteiger partial charge in [-0.25, -0.2) is 4.79 Å². The van der Waals surface area contributed by atoms with E-state index in [9.17, 15) is 9.00 Å². The molecule has 1 N–H and O–H groups in total. The fourth-order valence-electron chi connectivity index (χ4n) is 2.59. The van der Waals surface area contributed by atoms with Crippen molar-refractivity contribution in [1.82, 2.24) is 4.90 Å². The summed E-state index contributed by atoms with van der Waals surface area (Å²) in [6, 6.07) is 10.6. The SMILES string of the molecule is Cc1ccc([C@@H]2CN(C(=O)Nc3cccc([S@@](C)=O)c3)CCO2)o1. The maximum absolute atomic E-state index is 12.5. The van der Waals surface area contributed by atoms with Crippen molar-refractivity contribution in [3.05, 3.63) is 47.9 Å². The number of urea groups is 1. The summed E-state index contributed by atoms with van der Waals surface area (Å²) in [4.78, 5) is 14.9. The van der Waals surface area contributed by atoms with Crippen LogP contribution in [0.4, 0.5) is 10.5 Å². The molecule has 0 radical (unpaired) electrons. The standard InChI is InChI=1S/C17H20N2O4S/c1-12-6-7-15(23-12)16-11-19(8-9-22-16)17(20)18-13-4-3-5-14(10-13)24(2)21/h3-7,10,16H,8-9,11H2,1-2H3,(H,18,20)/t16-,24+/m0/s1. The Morgan fingerprint density at radius 3 is 2.88 bits per heavy atom. The first-order chi connectivity index (χ1) is 11.5. The van der Waals surface area contributed by atoms with Crippen LogP contribution in [0.5, 0.6) is 0 Å². The van der Waals surface area contributed by atoms with Gasteiger partial charge in [-0.05, 0) is 37.3 Å². The van der Waals surface area contributed by atoms with Crippen molar-refractivity contribution in [2.24, 2.45) is 0 Å². The number of nitrogens with one attached hydrogen (secondary N) is 1. The van der Waals surface area contributed by atoms with E-state index in [1.165, 1.54) is 0 Å². The summed E-state index contributed by atoms with van der Waals surface area (Å²) in [6.45, 7) is 3.28. The van der Waals surface area contributed by atoms with Crippen LogP contribution in [0.15, 0.2) is 45.7 Å². The van der Waals surface area contributed by atoms with Crippen molar-refractivity contribution in [2.75, 3.05) is 31.3 Å². The average molecular weight is 348 g/mol. The predicted molar refractivity (Wildman–Crippen MR) is 91.5 cm³/mol. The monoisotopic (exact) mass is 348 g/mol. The second-order valence-corrected chi connectivity index (χ2v) is 7.05. The molecule has 1 aliphatic rings. The van der Waals surface area contributed by atoms with E-state index in [-0.39, 0.29) is 12.1 Å². The average Bonchev–Trinajstić information content (AvgIpc) is 3.02. The molecule has 128 valence electrons. The molecule has 1 saturated heterocycles. The molecule has 1 aliphatic heterocycles. The number of anilines is 1. The molecule has 1 aromatic carbocycles. The van der Waals surface area contributed by atoms with Gasteiger partial charge >= 0.3 is 6.03 Å². The van der Waals surface area contributed by atoms with Gasteiger partial charge in [-0.1, -0.05) is 6.07 Å². The van der Waals surface area contributed by atoms with Crippen LogP contribution in [-0.2, 0) is 15.5 Å². The molecule has 0 spiro atoms. The van der Waals surface area contributed by atoms with Crippen LogP contribution < -0.4 is 5.32 Å². The maximum Gasteiger partial charge on any atom is 0.322 e. The van der Waals surface area contributed by atoms with Gasteiger partial charge in [0.25, 0.3) is 0 Å². The van der Waals surface area contributed by atoms with Gasteiger partial charge in [-0.3, -0.25) is 4.21 Å². The molecule has 24 heavy (non-hydrogen) atoms. The highest BCUT2D eigenvalue weighted by molar-refractivity contribution is 7.84. The summed E-state index contributed by atoms with van der Waals surface area (Å²) in [5.74, 6) is 1.55. The van der Waals surface area contributed by atoms with Crippen LogP contribution in [0, 0.1) is 6.92 Å². The predicted octanol–water partition coefficient (Wildman–Crippen LogP) is 2.93. The number of aryl methyl sites for hydroxylation is 1. The molecule has 2 aromatic rings. The molecule has 2 atom stereocenters. The molecule has 0 bridgehead atoms. The number of nitrogens with zero attached hydrogens (tertiary/aromatic N) is 1. The fourth-order valence-corrected chi connectivity index (χ4v) is 3.15. The molecular weight excluding hydrogens is 328 g/mol. The Bertz CT molecular complexity index is 759. The first-order valence-corrected chi connectivity index (χ1v) is 9.26. The molecule has 2 heterocycles. The zero-order valence-electron chi connectivity index (χ0n) is 13.7. The molecule has 2 amide bonds. The lowest BCUT2D eigenvalue weighted by atomic mass is 10.2. The first kappa shape index (κ1) is 16.7. The van der Waals surface area contributed by atoms with Gasteiger partial charge in [0.05, 0.1) is 13.2 Å². The number of benzene rings is 1. The number of furan rings is 1. The lowest BCUT2D eigenvalue weighted by Crippen LogP contribution is -2.44. The molecule has 0 aliphatic carbocycles. The Balaban J connectivity index is 1.66. The van der Waals surface area contributed by atoms with Crippen LogP contribution in [0.2, 0.25) is 0 Å². The van der Waals surface area contributed by atoms with Crippen LogP contribution in [0.3, 0.4) is 0 Å². The number of hydrogen-bond donors (Lipinski definition) is 1. The summed E-state index contributed by atoms with van der Waals surface area (Å²) in [5, 5.41) is 2.85. The van der Waals surface area contributed by atoms with E-state index in [1.807, 2.05) is 19.1 Å². The lowest BCUT2D eigenvalue weighted by Gasteiger charge is -2.32. The van der Waals surface area contributed by atoms with Gasteiger partial charge in [0.15, 0.2) is 0 Å². The van der Waals surface area contributed by atoms with Crippen LogP contribution >= 0.6 is 0 Å². The minimum Gasteiger partial charge on any atom is -0.464 e. The Labute approximate surface area is 143 Å². The van der Waals surface area contributed by atoms with E-state index < -0.39 is 10.8 Å². The van der Waals surface area contributed by atoms with Crippen molar-refractivity contribution in [2.45, 2.75) is 17.9 Å². The third kappa shape index (κ3) is 3.85. The van der Waals surface area contributed by atoms with Crippen molar-refractivity contribution in [3.63, 3.8) is 0 Å². The van der Waals surface area contributed by atoms with Crippen LogP contribution in [0.1, 0.15) is 17.6 Å². The maximum atomic E-state index is 12.5.